The minimum atomic E-state index is -0.519. The molecule has 23 heavy (non-hydrogen) atoms. The van der Waals surface area contributed by atoms with Crippen LogP contribution in [-0.4, -0.2) is 67.8 Å². The molecule has 3 rings (SSSR count). The summed E-state index contributed by atoms with van der Waals surface area (Å²) in [7, 11) is 0. The molecule has 8 nitrogen and oxygen atoms in total. The van der Waals surface area contributed by atoms with E-state index in [2.05, 4.69) is 10.6 Å². The molecule has 2 aliphatic heterocycles. The smallest absolute Gasteiger partial charge is 0.325 e. The molecule has 2 heterocycles. The van der Waals surface area contributed by atoms with Gasteiger partial charge in [-0.3, -0.25) is 14.9 Å². The summed E-state index contributed by atoms with van der Waals surface area (Å²) in [5.41, 5.74) is 0. The molecule has 0 bridgehead atoms. The third kappa shape index (κ3) is 4.20. The fourth-order valence-corrected chi connectivity index (χ4v) is 3.00. The number of rotatable bonds is 6. The third-order valence-corrected chi connectivity index (χ3v) is 4.62. The van der Waals surface area contributed by atoms with Gasteiger partial charge in [0.05, 0.1) is 12.6 Å². The van der Waals surface area contributed by atoms with Gasteiger partial charge in [0.25, 0.3) is 0 Å². The van der Waals surface area contributed by atoms with Crippen molar-refractivity contribution in [1.29, 1.82) is 0 Å². The lowest BCUT2D eigenvalue weighted by molar-refractivity contribution is -0.127. The van der Waals surface area contributed by atoms with Crippen molar-refractivity contribution in [2.75, 3.05) is 32.9 Å². The first-order chi connectivity index (χ1) is 11.1. The number of nitrogens with zero attached hydrogens (tertiary/aromatic N) is 1. The van der Waals surface area contributed by atoms with Crippen molar-refractivity contribution in [2.45, 2.75) is 37.8 Å². The minimum absolute atomic E-state index is 0.0678. The fraction of sp³-hybridized carbons (Fsp3) is 0.800. The van der Waals surface area contributed by atoms with E-state index in [9.17, 15) is 14.4 Å². The van der Waals surface area contributed by atoms with E-state index < -0.39 is 6.03 Å². The Hall–Kier alpha value is -1.67. The molecule has 128 valence electrons. The zero-order valence-corrected chi connectivity index (χ0v) is 13.1. The lowest BCUT2D eigenvalue weighted by Gasteiger charge is -2.34. The van der Waals surface area contributed by atoms with Gasteiger partial charge >= 0.3 is 6.03 Å². The Morgan fingerprint density at radius 1 is 1.35 bits per heavy atom. The highest BCUT2D eigenvalue weighted by atomic mass is 16.5. The van der Waals surface area contributed by atoms with Gasteiger partial charge in [0, 0.05) is 13.2 Å². The van der Waals surface area contributed by atoms with E-state index >= 15 is 0 Å². The Kier molecular flexibility index (Phi) is 5.12. The first-order valence-electron chi connectivity index (χ1n) is 8.19. The van der Waals surface area contributed by atoms with Gasteiger partial charge in [0.15, 0.2) is 0 Å². The standard InChI is InChI=1S/C15H23N3O5/c19-13(6-18-7-14(20)17-15(18)21)16-11-4-5-22-9-12(11)23-8-10-2-1-3-10/h10-12H,1-9H2,(H,16,19)(H,17,20,21)/t11-,12-/m1/s1. The number of carbonyl (C=O) groups excluding carboxylic acids is 3. The topological polar surface area (TPSA) is 97.0 Å². The van der Waals surface area contributed by atoms with Crippen LogP contribution >= 0.6 is 0 Å². The number of hydrogen-bond donors (Lipinski definition) is 2. The molecule has 0 aromatic carbocycles. The second-order valence-electron chi connectivity index (χ2n) is 6.42. The zero-order valence-electron chi connectivity index (χ0n) is 13.1. The highest BCUT2D eigenvalue weighted by Gasteiger charge is 2.32. The lowest BCUT2D eigenvalue weighted by Crippen LogP contribution is -2.52. The summed E-state index contributed by atoms with van der Waals surface area (Å²) in [5.74, 6) is -0.0258. The van der Waals surface area contributed by atoms with Gasteiger partial charge in [-0.2, -0.15) is 0 Å². The van der Waals surface area contributed by atoms with Gasteiger partial charge in [-0.1, -0.05) is 6.42 Å². The van der Waals surface area contributed by atoms with Crippen LogP contribution in [0.3, 0.4) is 0 Å². The summed E-state index contributed by atoms with van der Waals surface area (Å²) < 4.78 is 11.4. The normalized spacial score (nSPS) is 28.4. The molecule has 8 heteroatoms. The molecule has 1 aliphatic carbocycles. The summed E-state index contributed by atoms with van der Waals surface area (Å²) in [4.78, 5) is 35.9. The van der Waals surface area contributed by atoms with Crippen LogP contribution in [0, 0.1) is 5.92 Å². The van der Waals surface area contributed by atoms with Gasteiger partial charge in [-0.25, -0.2) is 4.79 Å². The van der Waals surface area contributed by atoms with E-state index in [0.717, 1.165) is 0 Å². The highest BCUT2D eigenvalue weighted by Crippen LogP contribution is 2.27. The first kappa shape index (κ1) is 16.2. The van der Waals surface area contributed by atoms with Crippen molar-refractivity contribution in [3.8, 4) is 0 Å². The second-order valence-corrected chi connectivity index (χ2v) is 6.42. The van der Waals surface area contributed by atoms with E-state index in [0.29, 0.717) is 32.2 Å². The summed E-state index contributed by atoms with van der Waals surface area (Å²) in [5, 5.41) is 5.07. The van der Waals surface area contributed by atoms with E-state index in [4.69, 9.17) is 9.47 Å². The van der Waals surface area contributed by atoms with Gasteiger partial charge in [-0.05, 0) is 25.2 Å². The number of urea groups is 1. The predicted octanol–water partition coefficient (Wildman–Crippen LogP) is -0.371. The Morgan fingerprint density at radius 3 is 2.83 bits per heavy atom. The second kappa shape index (κ2) is 7.27. The fourth-order valence-electron chi connectivity index (χ4n) is 3.00. The number of carbonyl (C=O) groups is 3. The van der Waals surface area contributed by atoms with Crippen LogP contribution < -0.4 is 10.6 Å². The molecule has 0 spiro atoms. The van der Waals surface area contributed by atoms with Crippen molar-refractivity contribution >= 4 is 17.8 Å². The SMILES string of the molecule is O=C1CN(CC(=O)N[C@@H]2CCOC[C@H]2OCC2CCC2)C(=O)N1. The minimum Gasteiger partial charge on any atom is -0.379 e. The molecule has 2 atom stereocenters. The molecule has 0 unspecified atom stereocenters. The maximum absolute atomic E-state index is 12.1. The first-order valence-corrected chi connectivity index (χ1v) is 8.19. The highest BCUT2D eigenvalue weighted by molar-refractivity contribution is 6.03. The zero-order chi connectivity index (χ0) is 16.2. The molecule has 2 N–H and O–H groups in total. The Morgan fingerprint density at radius 2 is 2.17 bits per heavy atom. The maximum Gasteiger partial charge on any atom is 0.325 e. The van der Waals surface area contributed by atoms with Crippen molar-refractivity contribution in [3.05, 3.63) is 0 Å². The van der Waals surface area contributed by atoms with E-state index in [-0.39, 0.29) is 37.0 Å². The molecule has 0 radical (unpaired) electrons. The predicted molar refractivity (Wildman–Crippen MR) is 79.6 cm³/mol. The van der Waals surface area contributed by atoms with Crippen molar-refractivity contribution in [3.63, 3.8) is 0 Å². The Bertz CT molecular complexity index is 480. The number of imide groups is 1. The molecule has 2 saturated heterocycles. The monoisotopic (exact) mass is 325 g/mol. The van der Waals surface area contributed by atoms with Gasteiger partial charge < -0.3 is 19.7 Å². The average Bonchev–Trinajstić information content (AvgIpc) is 2.77. The van der Waals surface area contributed by atoms with Gasteiger partial charge in [-0.15, -0.1) is 0 Å². The summed E-state index contributed by atoms with van der Waals surface area (Å²) in [6, 6.07) is -0.632. The van der Waals surface area contributed by atoms with Crippen LogP contribution in [0.25, 0.3) is 0 Å². The lowest BCUT2D eigenvalue weighted by atomic mass is 9.86. The largest absolute Gasteiger partial charge is 0.379 e. The molecule has 4 amide bonds. The summed E-state index contributed by atoms with van der Waals surface area (Å²) in [6.07, 6.45) is 4.23. The number of hydrogen-bond acceptors (Lipinski definition) is 5. The third-order valence-electron chi connectivity index (χ3n) is 4.62. The molecule has 0 aromatic heterocycles. The molecule has 3 aliphatic rings. The van der Waals surface area contributed by atoms with Crippen LogP contribution in [0.2, 0.25) is 0 Å². The van der Waals surface area contributed by atoms with E-state index in [1.165, 1.54) is 24.2 Å². The molecule has 0 aromatic rings. The number of amides is 4. The maximum atomic E-state index is 12.1. The number of ether oxygens (including phenoxy) is 2. The summed E-state index contributed by atoms with van der Waals surface area (Å²) in [6.45, 7) is 1.58. The van der Waals surface area contributed by atoms with Crippen molar-refractivity contribution in [2.24, 2.45) is 5.92 Å². The van der Waals surface area contributed by atoms with Crippen LogP contribution in [-0.2, 0) is 19.1 Å². The molecular formula is C15H23N3O5. The molecule has 1 saturated carbocycles. The van der Waals surface area contributed by atoms with Crippen molar-refractivity contribution in [1.82, 2.24) is 15.5 Å². The Balaban J connectivity index is 1.46. The molecular weight excluding hydrogens is 302 g/mol. The quantitative estimate of drug-likeness (QED) is 0.650. The average molecular weight is 325 g/mol. The van der Waals surface area contributed by atoms with Crippen LogP contribution in [0.1, 0.15) is 25.7 Å². The summed E-state index contributed by atoms with van der Waals surface area (Å²) >= 11 is 0. The van der Waals surface area contributed by atoms with Crippen LogP contribution in [0.5, 0.6) is 0 Å². The van der Waals surface area contributed by atoms with E-state index in [1.807, 2.05) is 0 Å². The van der Waals surface area contributed by atoms with Gasteiger partial charge in [0.1, 0.15) is 19.2 Å². The van der Waals surface area contributed by atoms with Crippen LogP contribution in [0.15, 0.2) is 0 Å². The van der Waals surface area contributed by atoms with Gasteiger partial charge in [0.2, 0.25) is 11.8 Å². The Labute approximate surface area is 134 Å². The molecule has 3 fully saturated rings. The van der Waals surface area contributed by atoms with E-state index in [1.54, 1.807) is 0 Å². The van der Waals surface area contributed by atoms with Crippen LogP contribution in [0.4, 0.5) is 4.79 Å². The van der Waals surface area contributed by atoms with Crippen molar-refractivity contribution < 1.29 is 23.9 Å². The number of nitrogens with one attached hydrogen (secondary N) is 2.